The average molecular weight is 347 g/mol. The minimum Gasteiger partial charge on any atom is -0.378 e. The van der Waals surface area contributed by atoms with Gasteiger partial charge in [0.25, 0.3) is 0 Å². The summed E-state index contributed by atoms with van der Waals surface area (Å²) in [4.78, 5) is 4.57. The normalized spacial score (nSPS) is 21.2. The molecule has 0 radical (unpaired) electrons. The molecule has 1 aliphatic rings. The largest absolute Gasteiger partial charge is 0.378 e. The maximum absolute atomic E-state index is 12.2. The summed E-state index contributed by atoms with van der Waals surface area (Å²) >= 11 is 1.51. The Labute approximate surface area is 137 Å². The molecule has 1 fully saturated rings. The molecule has 0 saturated carbocycles. The van der Waals surface area contributed by atoms with Gasteiger partial charge in [-0.3, -0.25) is 0 Å². The molecular formula is C15H26N2O3S2. The molecule has 1 aliphatic heterocycles. The van der Waals surface area contributed by atoms with E-state index in [4.69, 9.17) is 4.74 Å². The quantitative estimate of drug-likeness (QED) is 0.860. The first-order valence-corrected chi connectivity index (χ1v) is 10.3. The van der Waals surface area contributed by atoms with Gasteiger partial charge in [0, 0.05) is 17.4 Å². The minimum absolute atomic E-state index is 0.0207. The maximum Gasteiger partial charge on any atom is 0.212 e. The molecule has 22 heavy (non-hydrogen) atoms. The predicted octanol–water partition coefficient (Wildman–Crippen LogP) is 2.99. The van der Waals surface area contributed by atoms with E-state index < -0.39 is 10.0 Å². The van der Waals surface area contributed by atoms with Crippen molar-refractivity contribution in [2.24, 2.45) is 0 Å². The zero-order chi connectivity index (χ0) is 16.4. The fourth-order valence-electron chi connectivity index (χ4n) is 2.37. The van der Waals surface area contributed by atoms with Crippen LogP contribution in [-0.2, 0) is 20.2 Å². The summed E-state index contributed by atoms with van der Waals surface area (Å²) in [6, 6.07) is -0.296. The first kappa shape index (κ1) is 17.8. The summed E-state index contributed by atoms with van der Waals surface area (Å²) < 4.78 is 32.6. The van der Waals surface area contributed by atoms with Crippen LogP contribution in [0.4, 0.5) is 0 Å². The molecule has 2 heterocycles. The molecule has 0 aliphatic carbocycles. The van der Waals surface area contributed by atoms with E-state index in [0.717, 1.165) is 30.2 Å². The van der Waals surface area contributed by atoms with Crippen LogP contribution in [0.25, 0.3) is 0 Å². The van der Waals surface area contributed by atoms with Crippen molar-refractivity contribution < 1.29 is 13.2 Å². The van der Waals surface area contributed by atoms with Crippen LogP contribution in [0, 0.1) is 0 Å². The van der Waals surface area contributed by atoms with E-state index in [1.807, 2.05) is 12.3 Å². The van der Waals surface area contributed by atoms with Gasteiger partial charge in [0.2, 0.25) is 10.0 Å². The molecule has 126 valence electrons. The van der Waals surface area contributed by atoms with Crippen LogP contribution >= 0.6 is 11.3 Å². The molecule has 2 atom stereocenters. The second kappa shape index (κ2) is 6.95. The van der Waals surface area contributed by atoms with E-state index in [0.29, 0.717) is 6.42 Å². The Morgan fingerprint density at radius 1 is 1.50 bits per heavy atom. The molecule has 0 bridgehead atoms. The van der Waals surface area contributed by atoms with Crippen LogP contribution in [0.1, 0.15) is 63.7 Å². The third kappa shape index (κ3) is 5.01. The highest BCUT2D eigenvalue weighted by molar-refractivity contribution is 7.89. The first-order chi connectivity index (χ1) is 10.2. The number of ether oxygens (including phenoxy) is 1. The number of hydrogen-bond acceptors (Lipinski definition) is 5. The number of hydrogen-bond donors (Lipinski definition) is 1. The second-order valence-corrected chi connectivity index (χ2v) is 9.67. The van der Waals surface area contributed by atoms with E-state index in [2.05, 4.69) is 30.5 Å². The third-order valence-electron chi connectivity index (χ3n) is 3.75. The molecule has 5 nitrogen and oxygen atoms in total. The van der Waals surface area contributed by atoms with Gasteiger partial charge >= 0.3 is 0 Å². The van der Waals surface area contributed by atoms with Gasteiger partial charge in [-0.1, -0.05) is 20.8 Å². The lowest BCUT2D eigenvalue weighted by Crippen LogP contribution is -2.30. The molecule has 1 aromatic rings. The maximum atomic E-state index is 12.2. The molecule has 7 heteroatoms. The van der Waals surface area contributed by atoms with Crippen LogP contribution in [-0.4, -0.2) is 31.9 Å². The van der Waals surface area contributed by atoms with Crippen molar-refractivity contribution in [3.63, 3.8) is 0 Å². The molecule has 0 spiro atoms. The highest BCUT2D eigenvalue weighted by Crippen LogP contribution is 2.27. The van der Waals surface area contributed by atoms with Crippen LogP contribution < -0.4 is 4.72 Å². The second-order valence-electron chi connectivity index (χ2n) is 6.90. The van der Waals surface area contributed by atoms with E-state index >= 15 is 0 Å². The first-order valence-electron chi connectivity index (χ1n) is 7.75. The van der Waals surface area contributed by atoms with Gasteiger partial charge in [0.05, 0.1) is 23.6 Å². The van der Waals surface area contributed by atoms with Crippen LogP contribution in [0.2, 0.25) is 0 Å². The monoisotopic (exact) mass is 346 g/mol. The van der Waals surface area contributed by atoms with Gasteiger partial charge in [-0.15, -0.1) is 11.3 Å². The van der Waals surface area contributed by atoms with Gasteiger partial charge in [0.1, 0.15) is 5.01 Å². The molecule has 1 aromatic heterocycles. The van der Waals surface area contributed by atoms with E-state index in [1.54, 1.807) is 0 Å². The molecule has 1 N–H and O–H groups in total. The van der Waals surface area contributed by atoms with Gasteiger partial charge < -0.3 is 4.74 Å². The van der Waals surface area contributed by atoms with Crippen molar-refractivity contribution >= 4 is 21.4 Å². The van der Waals surface area contributed by atoms with Crippen molar-refractivity contribution in [3.05, 3.63) is 16.1 Å². The van der Waals surface area contributed by atoms with Crippen molar-refractivity contribution in [2.75, 3.05) is 12.4 Å². The molecule has 2 rings (SSSR count). The fraction of sp³-hybridized carbons (Fsp3) is 0.800. The Morgan fingerprint density at radius 3 is 2.77 bits per heavy atom. The standard InChI is InChI=1S/C15H26N2O3S2/c1-11(14-16-13(10-21-14)15(2,3)4)17-22(18,19)9-7-12-6-5-8-20-12/h10-12,17H,5-9H2,1-4H3. The van der Waals surface area contributed by atoms with Crippen molar-refractivity contribution in [3.8, 4) is 0 Å². The average Bonchev–Trinajstić information content (AvgIpc) is 3.07. The van der Waals surface area contributed by atoms with Gasteiger partial charge in [-0.05, 0) is 26.2 Å². The Kier molecular flexibility index (Phi) is 5.63. The van der Waals surface area contributed by atoms with E-state index in [-0.39, 0.29) is 23.3 Å². The number of aromatic nitrogens is 1. The lowest BCUT2D eigenvalue weighted by molar-refractivity contribution is 0.108. The van der Waals surface area contributed by atoms with Crippen molar-refractivity contribution in [2.45, 2.75) is 64.5 Å². The molecule has 0 amide bonds. The predicted molar refractivity (Wildman–Crippen MR) is 89.7 cm³/mol. The zero-order valence-electron chi connectivity index (χ0n) is 13.8. The van der Waals surface area contributed by atoms with E-state index in [1.165, 1.54) is 11.3 Å². The number of nitrogens with zero attached hydrogens (tertiary/aromatic N) is 1. The van der Waals surface area contributed by atoms with Crippen LogP contribution in [0.5, 0.6) is 0 Å². The van der Waals surface area contributed by atoms with Crippen molar-refractivity contribution in [1.29, 1.82) is 0 Å². The highest BCUT2D eigenvalue weighted by atomic mass is 32.2. The van der Waals surface area contributed by atoms with Crippen molar-refractivity contribution in [1.82, 2.24) is 9.71 Å². The highest BCUT2D eigenvalue weighted by Gasteiger charge is 2.24. The third-order valence-corrected chi connectivity index (χ3v) is 6.26. The Morgan fingerprint density at radius 2 is 2.23 bits per heavy atom. The Hall–Kier alpha value is -0.500. The van der Waals surface area contributed by atoms with Crippen LogP contribution in [0.3, 0.4) is 0 Å². The zero-order valence-corrected chi connectivity index (χ0v) is 15.4. The Balaban J connectivity index is 1.92. The molecular weight excluding hydrogens is 320 g/mol. The van der Waals surface area contributed by atoms with Crippen LogP contribution in [0.15, 0.2) is 5.38 Å². The lowest BCUT2D eigenvalue weighted by Gasteiger charge is -2.16. The van der Waals surface area contributed by atoms with Gasteiger partial charge in [0.15, 0.2) is 0 Å². The summed E-state index contributed by atoms with van der Waals surface area (Å²) in [6.45, 7) is 8.89. The summed E-state index contributed by atoms with van der Waals surface area (Å²) in [5, 5.41) is 2.82. The fourth-order valence-corrected chi connectivity index (χ4v) is 4.84. The molecule has 1 saturated heterocycles. The van der Waals surface area contributed by atoms with Gasteiger partial charge in [-0.25, -0.2) is 18.1 Å². The SMILES string of the molecule is CC(NS(=O)(=O)CCC1CCCO1)c1nc(C(C)(C)C)cs1. The summed E-state index contributed by atoms with van der Waals surface area (Å²) in [7, 11) is -3.31. The smallest absolute Gasteiger partial charge is 0.212 e. The number of thiazole rings is 1. The summed E-state index contributed by atoms with van der Waals surface area (Å²) in [5.41, 5.74) is 0.977. The number of sulfonamides is 1. The molecule has 2 unspecified atom stereocenters. The summed E-state index contributed by atoms with van der Waals surface area (Å²) in [6.07, 6.45) is 2.65. The Bertz CT molecular complexity index is 584. The van der Waals surface area contributed by atoms with Gasteiger partial charge in [-0.2, -0.15) is 0 Å². The lowest BCUT2D eigenvalue weighted by atomic mass is 9.93. The minimum atomic E-state index is -3.31. The topological polar surface area (TPSA) is 68.3 Å². The number of nitrogens with one attached hydrogen (secondary N) is 1. The molecule has 0 aromatic carbocycles. The van der Waals surface area contributed by atoms with E-state index in [9.17, 15) is 8.42 Å². The summed E-state index contributed by atoms with van der Waals surface area (Å²) in [5.74, 6) is 0.111. The number of rotatable bonds is 6.